The van der Waals surface area contributed by atoms with Gasteiger partial charge in [-0.1, -0.05) is 13.0 Å². The largest absolute Gasteiger partial charge is 0.493 e. The highest BCUT2D eigenvalue weighted by molar-refractivity contribution is 7.81. The number of benzene rings is 2. The zero-order valence-corrected chi connectivity index (χ0v) is 32.6. The summed E-state index contributed by atoms with van der Waals surface area (Å²) in [7, 11) is 0. The average molecular weight is 805 g/mol. The molecule has 0 radical (unpaired) electrons. The van der Waals surface area contributed by atoms with Crippen LogP contribution in [0.5, 0.6) is 5.75 Å². The Morgan fingerprint density at radius 3 is 2.49 bits per heavy atom. The third kappa shape index (κ3) is 9.18. The molecule has 1 atom stereocenters. The SMILES string of the molecule is CCc1cc(N2C(=S)N(c3cnc(C#N)c(C(F)(F)F)c3)C(=O)C2(C)C)ccc1OCCC1CCN(CC(=O)Nc2cccc(NC3CCC(=O)NC3=O)c2)CC1. The van der Waals surface area contributed by atoms with E-state index < -0.39 is 34.9 Å². The van der Waals surface area contributed by atoms with Crippen LogP contribution in [0.3, 0.4) is 0 Å². The van der Waals surface area contributed by atoms with Crippen LogP contribution in [0.2, 0.25) is 0 Å². The summed E-state index contributed by atoms with van der Waals surface area (Å²) in [6.07, 6.45) is 0.107. The molecule has 57 heavy (non-hydrogen) atoms. The number of thiocarbonyl (C=S) groups is 1. The Hall–Kier alpha value is -5.60. The lowest BCUT2D eigenvalue weighted by molar-refractivity contribution is -0.138. The number of carbonyl (C=O) groups excluding carboxylic acids is 4. The maximum absolute atomic E-state index is 13.7. The predicted octanol–water partition coefficient (Wildman–Crippen LogP) is 5.79. The predicted molar refractivity (Wildman–Crippen MR) is 211 cm³/mol. The second kappa shape index (κ2) is 16.9. The quantitative estimate of drug-likeness (QED) is 0.150. The van der Waals surface area contributed by atoms with Crippen molar-refractivity contribution in [2.24, 2.45) is 5.92 Å². The van der Waals surface area contributed by atoms with Crippen molar-refractivity contribution < 1.29 is 37.1 Å². The summed E-state index contributed by atoms with van der Waals surface area (Å²) >= 11 is 5.68. The van der Waals surface area contributed by atoms with Gasteiger partial charge in [0.2, 0.25) is 17.7 Å². The molecule has 2 aromatic carbocycles. The van der Waals surface area contributed by atoms with Crippen molar-refractivity contribution in [3.63, 3.8) is 0 Å². The molecule has 0 spiro atoms. The van der Waals surface area contributed by atoms with Crippen LogP contribution in [0.15, 0.2) is 54.7 Å². The van der Waals surface area contributed by atoms with Crippen molar-refractivity contribution in [3.05, 3.63) is 71.5 Å². The first-order valence-corrected chi connectivity index (χ1v) is 19.1. The summed E-state index contributed by atoms with van der Waals surface area (Å²) in [6.45, 7) is 7.51. The first-order valence-electron chi connectivity index (χ1n) is 18.7. The van der Waals surface area contributed by atoms with Gasteiger partial charge in [0.15, 0.2) is 10.8 Å². The van der Waals surface area contributed by atoms with Crippen LogP contribution < -0.4 is 30.5 Å². The lowest BCUT2D eigenvalue weighted by Crippen LogP contribution is -2.47. The molecule has 0 aliphatic carbocycles. The second-order valence-corrected chi connectivity index (χ2v) is 15.2. The van der Waals surface area contributed by atoms with E-state index in [0.717, 1.165) is 55.1 Å². The van der Waals surface area contributed by atoms with Crippen molar-refractivity contribution in [1.82, 2.24) is 15.2 Å². The third-order valence-corrected chi connectivity index (χ3v) is 10.8. The number of imide groups is 1. The van der Waals surface area contributed by atoms with Crippen LogP contribution in [0.25, 0.3) is 0 Å². The molecule has 13 nitrogen and oxygen atoms in total. The van der Waals surface area contributed by atoms with Gasteiger partial charge < -0.3 is 20.3 Å². The summed E-state index contributed by atoms with van der Waals surface area (Å²) in [6, 6.07) is 14.2. The van der Waals surface area contributed by atoms with Gasteiger partial charge >= 0.3 is 6.18 Å². The molecule has 4 amide bonds. The van der Waals surface area contributed by atoms with E-state index in [9.17, 15) is 32.3 Å². The molecule has 3 saturated heterocycles. The van der Waals surface area contributed by atoms with E-state index in [4.69, 9.17) is 22.2 Å². The zero-order valence-electron chi connectivity index (χ0n) is 31.7. The van der Waals surface area contributed by atoms with Crippen LogP contribution in [-0.4, -0.2) is 76.4 Å². The number of likely N-dealkylation sites (tertiary alicyclic amines) is 1. The molecule has 6 rings (SSSR count). The lowest BCUT2D eigenvalue weighted by atomic mass is 9.94. The smallest absolute Gasteiger partial charge is 0.419 e. The number of ether oxygens (including phenoxy) is 1. The van der Waals surface area contributed by atoms with Crippen molar-refractivity contribution in [1.29, 1.82) is 5.26 Å². The Balaban J connectivity index is 0.994. The minimum Gasteiger partial charge on any atom is -0.493 e. The standard InChI is InChI=1S/C40H43F3N8O5S/c1-4-25-18-28(51-38(57)50(37(55)39(51,2)3)29-20-30(40(41,42)43)32(21-44)45-22-29)8-10-33(25)56-17-14-24-12-15-49(16-13-24)23-35(53)47-27-7-5-6-26(19-27)46-31-9-11-34(52)48-36(31)54/h5-8,10,18-20,22,24,31,46H,4,9,11-17,23H2,1-3H3,(H,47,53)(H,48,52,54). The maximum Gasteiger partial charge on any atom is 0.419 e. The van der Waals surface area contributed by atoms with Gasteiger partial charge in [-0.05, 0) is 125 Å². The first kappa shape index (κ1) is 41.0. The molecule has 1 unspecified atom stereocenters. The molecule has 3 N–H and O–H groups in total. The summed E-state index contributed by atoms with van der Waals surface area (Å²) < 4.78 is 47.4. The minimum absolute atomic E-state index is 0.0160. The monoisotopic (exact) mass is 804 g/mol. The molecule has 4 heterocycles. The van der Waals surface area contributed by atoms with Gasteiger partial charge in [0.25, 0.3) is 5.91 Å². The molecule has 3 aromatic rings. The molecular formula is C40H43F3N8O5S. The van der Waals surface area contributed by atoms with Crippen molar-refractivity contribution in [2.45, 2.75) is 77.1 Å². The molecule has 300 valence electrons. The highest BCUT2D eigenvalue weighted by atomic mass is 32.1. The van der Waals surface area contributed by atoms with Crippen LogP contribution >= 0.6 is 12.2 Å². The van der Waals surface area contributed by atoms with E-state index in [1.807, 2.05) is 19.1 Å². The van der Waals surface area contributed by atoms with Crippen LogP contribution in [0.1, 0.15) is 69.7 Å². The summed E-state index contributed by atoms with van der Waals surface area (Å²) in [4.78, 5) is 58.5. The van der Waals surface area contributed by atoms with Crippen molar-refractivity contribution >= 4 is 63.7 Å². The summed E-state index contributed by atoms with van der Waals surface area (Å²) in [5.41, 5.74) is -0.741. The number of anilines is 4. The lowest BCUT2D eigenvalue weighted by Gasteiger charge is -2.31. The van der Waals surface area contributed by atoms with Crippen molar-refractivity contribution in [2.75, 3.05) is 46.7 Å². The normalized spacial score (nSPS) is 19.0. The van der Waals surface area contributed by atoms with Gasteiger partial charge in [0.05, 0.1) is 30.6 Å². The fourth-order valence-corrected chi connectivity index (χ4v) is 7.87. The molecule has 17 heteroatoms. The minimum atomic E-state index is -4.85. The number of piperidine rings is 2. The van der Waals surface area contributed by atoms with Gasteiger partial charge in [-0.15, -0.1) is 0 Å². The Kier molecular flexibility index (Phi) is 12.1. The molecule has 0 bridgehead atoms. The van der Waals surface area contributed by atoms with E-state index in [0.29, 0.717) is 48.2 Å². The molecule has 1 aromatic heterocycles. The van der Waals surface area contributed by atoms with Gasteiger partial charge in [-0.2, -0.15) is 18.4 Å². The van der Waals surface area contributed by atoms with E-state index in [-0.39, 0.29) is 41.5 Å². The number of pyridine rings is 1. The Morgan fingerprint density at radius 1 is 1.07 bits per heavy atom. The number of aryl methyl sites for hydroxylation is 1. The summed E-state index contributed by atoms with van der Waals surface area (Å²) in [5.74, 6) is -0.223. The van der Waals surface area contributed by atoms with E-state index >= 15 is 0 Å². The number of halogens is 3. The summed E-state index contributed by atoms with van der Waals surface area (Å²) in [5, 5.41) is 17.5. The number of hydrogen-bond donors (Lipinski definition) is 3. The zero-order chi connectivity index (χ0) is 41.1. The van der Waals surface area contributed by atoms with Gasteiger partial charge in [0.1, 0.15) is 23.4 Å². The topological polar surface area (TPSA) is 160 Å². The highest BCUT2D eigenvalue weighted by Crippen LogP contribution is 2.40. The van der Waals surface area contributed by atoms with Crippen LogP contribution in [0.4, 0.5) is 35.9 Å². The number of rotatable bonds is 12. The fraction of sp³-hybridized carbons (Fsp3) is 0.425. The number of amides is 4. The van der Waals surface area contributed by atoms with Gasteiger partial charge in [0, 0.05) is 23.5 Å². The average Bonchev–Trinajstić information content (AvgIpc) is 3.34. The number of alkyl halides is 3. The fourth-order valence-electron chi connectivity index (χ4n) is 7.35. The Bertz CT molecular complexity index is 2110. The highest BCUT2D eigenvalue weighted by Gasteiger charge is 2.51. The Morgan fingerprint density at radius 2 is 1.81 bits per heavy atom. The maximum atomic E-state index is 13.7. The number of hydrogen-bond acceptors (Lipinski definition) is 10. The number of aromatic nitrogens is 1. The number of carbonyl (C=O) groups is 4. The van der Waals surface area contributed by atoms with E-state index in [1.165, 1.54) is 6.07 Å². The second-order valence-electron chi connectivity index (χ2n) is 14.8. The number of nitrogens with zero attached hydrogens (tertiary/aromatic N) is 5. The van der Waals surface area contributed by atoms with E-state index in [1.54, 1.807) is 49.1 Å². The molecule has 0 saturated carbocycles. The van der Waals surface area contributed by atoms with Crippen LogP contribution in [0, 0.1) is 17.2 Å². The third-order valence-electron chi connectivity index (χ3n) is 10.5. The molecular weight excluding hydrogens is 762 g/mol. The van der Waals surface area contributed by atoms with E-state index in [2.05, 4.69) is 25.8 Å². The number of nitrogens with one attached hydrogen (secondary N) is 3. The Labute approximate surface area is 333 Å². The molecule has 3 aliphatic heterocycles. The first-order chi connectivity index (χ1) is 27.1. The molecule has 3 fully saturated rings. The molecule has 3 aliphatic rings. The van der Waals surface area contributed by atoms with Crippen LogP contribution in [-0.2, 0) is 31.8 Å². The van der Waals surface area contributed by atoms with Gasteiger partial charge in [-0.25, -0.2) is 4.98 Å². The number of nitriles is 1. The van der Waals surface area contributed by atoms with Gasteiger partial charge in [-0.3, -0.25) is 34.3 Å². The van der Waals surface area contributed by atoms with Crippen molar-refractivity contribution in [3.8, 4) is 11.8 Å².